The van der Waals surface area contributed by atoms with Gasteiger partial charge in [-0.05, 0) is 19.4 Å². The number of rotatable bonds is 4. The molecule has 0 aromatic heterocycles. The van der Waals surface area contributed by atoms with Gasteiger partial charge in [0.25, 0.3) is 10.1 Å². The second-order valence-corrected chi connectivity index (χ2v) is 6.12. The summed E-state index contributed by atoms with van der Waals surface area (Å²) in [5, 5.41) is 2.47. The SMILES string of the molecule is CC(C)(C(=O)NCc1ccccc1)S(=O)(=O)O. The molecule has 0 saturated carbocycles. The lowest BCUT2D eigenvalue weighted by atomic mass is 10.1. The molecule has 0 aliphatic rings. The van der Waals surface area contributed by atoms with Crippen LogP contribution < -0.4 is 5.32 Å². The molecule has 0 aliphatic heterocycles. The van der Waals surface area contributed by atoms with E-state index in [-0.39, 0.29) is 6.54 Å². The number of hydrogen-bond donors (Lipinski definition) is 2. The monoisotopic (exact) mass is 257 g/mol. The van der Waals surface area contributed by atoms with Crippen LogP contribution >= 0.6 is 0 Å². The zero-order valence-corrected chi connectivity index (χ0v) is 10.5. The van der Waals surface area contributed by atoms with Crippen LogP contribution in [0.25, 0.3) is 0 Å². The van der Waals surface area contributed by atoms with Gasteiger partial charge in [-0.15, -0.1) is 0 Å². The van der Waals surface area contributed by atoms with Gasteiger partial charge in [-0.2, -0.15) is 8.42 Å². The third kappa shape index (κ3) is 3.28. The molecule has 94 valence electrons. The first-order valence-electron chi connectivity index (χ1n) is 5.04. The summed E-state index contributed by atoms with van der Waals surface area (Å²) in [7, 11) is -4.42. The van der Waals surface area contributed by atoms with Crippen LogP contribution in [0.2, 0.25) is 0 Å². The van der Waals surface area contributed by atoms with Crippen molar-refractivity contribution in [2.75, 3.05) is 0 Å². The Kier molecular flexibility index (Phi) is 3.90. The molecular weight excluding hydrogens is 242 g/mol. The van der Waals surface area contributed by atoms with Crippen LogP contribution in [0, 0.1) is 0 Å². The summed E-state index contributed by atoms with van der Waals surface area (Å²) in [4.78, 5) is 11.6. The topological polar surface area (TPSA) is 83.5 Å². The van der Waals surface area contributed by atoms with Crippen molar-refractivity contribution in [3.63, 3.8) is 0 Å². The van der Waals surface area contributed by atoms with Crippen molar-refractivity contribution in [2.24, 2.45) is 0 Å². The van der Waals surface area contributed by atoms with Gasteiger partial charge in [-0.1, -0.05) is 30.3 Å². The first-order valence-corrected chi connectivity index (χ1v) is 6.48. The molecule has 0 radical (unpaired) electrons. The molecule has 1 amide bonds. The summed E-state index contributed by atoms with van der Waals surface area (Å²) in [5.41, 5.74) is 0.854. The van der Waals surface area contributed by atoms with E-state index in [1.54, 1.807) is 12.1 Å². The van der Waals surface area contributed by atoms with Gasteiger partial charge in [-0.25, -0.2) is 0 Å². The number of carbonyl (C=O) groups excluding carboxylic acids is 1. The molecule has 17 heavy (non-hydrogen) atoms. The van der Waals surface area contributed by atoms with Crippen molar-refractivity contribution in [2.45, 2.75) is 25.1 Å². The number of hydrogen-bond acceptors (Lipinski definition) is 3. The Morgan fingerprint density at radius 2 is 1.82 bits per heavy atom. The first kappa shape index (κ1) is 13.7. The lowest BCUT2D eigenvalue weighted by Crippen LogP contribution is -2.47. The second-order valence-electron chi connectivity index (χ2n) is 4.15. The molecule has 0 saturated heterocycles. The van der Waals surface area contributed by atoms with Crippen molar-refractivity contribution in [1.29, 1.82) is 0 Å². The van der Waals surface area contributed by atoms with Crippen LogP contribution in [0.15, 0.2) is 30.3 Å². The van der Waals surface area contributed by atoms with E-state index in [1.165, 1.54) is 0 Å². The Morgan fingerprint density at radius 3 is 2.29 bits per heavy atom. The molecule has 5 nitrogen and oxygen atoms in total. The lowest BCUT2D eigenvalue weighted by molar-refractivity contribution is -0.123. The number of carbonyl (C=O) groups is 1. The highest BCUT2D eigenvalue weighted by atomic mass is 32.2. The van der Waals surface area contributed by atoms with Crippen molar-refractivity contribution < 1.29 is 17.8 Å². The van der Waals surface area contributed by atoms with E-state index in [0.29, 0.717) is 0 Å². The van der Waals surface area contributed by atoms with Gasteiger partial charge in [0.2, 0.25) is 5.91 Å². The number of amides is 1. The van der Waals surface area contributed by atoms with Crippen LogP contribution in [0.3, 0.4) is 0 Å². The van der Waals surface area contributed by atoms with Crippen LogP contribution in [0.1, 0.15) is 19.4 Å². The van der Waals surface area contributed by atoms with E-state index in [4.69, 9.17) is 4.55 Å². The van der Waals surface area contributed by atoms with Gasteiger partial charge in [0.15, 0.2) is 4.75 Å². The minimum absolute atomic E-state index is 0.221. The zero-order valence-electron chi connectivity index (χ0n) is 9.67. The smallest absolute Gasteiger partial charge is 0.279 e. The normalized spacial score (nSPS) is 12.2. The highest BCUT2D eigenvalue weighted by molar-refractivity contribution is 7.88. The van der Waals surface area contributed by atoms with Gasteiger partial charge >= 0.3 is 0 Å². The average Bonchev–Trinajstić information content (AvgIpc) is 2.25. The van der Waals surface area contributed by atoms with Gasteiger partial charge in [0.05, 0.1) is 0 Å². The molecule has 0 atom stereocenters. The minimum atomic E-state index is -4.42. The summed E-state index contributed by atoms with van der Waals surface area (Å²) in [6.07, 6.45) is 0. The Bertz CT molecular complexity index is 493. The summed E-state index contributed by atoms with van der Waals surface area (Å²) in [5.74, 6) is -0.733. The van der Waals surface area contributed by atoms with Crippen molar-refractivity contribution >= 4 is 16.0 Å². The first-order chi connectivity index (χ1) is 7.75. The van der Waals surface area contributed by atoms with E-state index < -0.39 is 20.8 Å². The fourth-order valence-corrected chi connectivity index (χ4v) is 1.41. The second kappa shape index (κ2) is 4.85. The van der Waals surface area contributed by atoms with Crippen molar-refractivity contribution in [3.8, 4) is 0 Å². The third-order valence-electron chi connectivity index (χ3n) is 2.49. The van der Waals surface area contributed by atoms with Crippen LogP contribution in [-0.2, 0) is 21.5 Å². The van der Waals surface area contributed by atoms with Crippen LogP contribution in [0.4, 0.5) is 0 Å². The van der Waals surface area contributed by atoms with E-state index in [1.807, 2.05) is 18.2 Å². The van der Waals surface area contributed by atoms with Crippen molar-refractivity contribution in [1.82, 2.24) is 5.32 Å². The Balaban J connectivity index is 2.69. The Labute approximate surface area is 101 Å². The highest BCUT2D eigenvalue weighted by Crippen LogP contribution is 2.14. The molecule has 1 rings (SSSR count). The molecular formula is C11H15NO4S. The molecule has 0 bridgehead atoms. The number of benzene rings is 1. The molecule has 0 fully saturated rings. The van der Waals surface area contributed by atoms with E-state index in [0.717, 1.165) is 19.4 Å². The summed E-state index contributed by atoms with van der Waals surface area (Å²) < 4.78 is 29.1. The highest BCUT2D eigenvalue weighted by Gasteiger charge is 2.40. The predicted octanol–water partition coefficient (Wildman–Crippen LogP) is 0.969. The average molecular weight is 257 g/mol. The predicted molar refractivity (Wildman–Crippen MR) is 63.9 cm³/mol. The molecule has 0 aliphatic carbocycles. The van der Waals surface area contributed by atoms with Gasteiger partial charge in [0.1, 0.15) is 0 Å². The van der Waals surface area contributed by atoms with Gasteiger partial charge in [-0.3, -0.25) is 9.35 Å². The number of nitrogens with one attached hydrogen (secondary N) is 1. The molecule has 1 aromatic rings. The lowest BCUT2D eigenvalue weighted by Gasteiger charge is -2.19. The molecule has 0 spiro atoms. The van der Waals surface area contributed by atoms with E-state index in [2.05, 4.69) is 5.32 Å². The summed E-state index contributed by atoms with van der Waals surface area (Å²) in [6.45, 7) is 2.53. The molecule has 1 aromatic carbocycles. The van der Waals surface area contributed by atoms with Crippen molar-refractivity contribution in [3.05, 3.63) is 35.9 Å². The van der Waals surface area contributed by atoms with Gasteiger partial charge in [0, 0.05) is 6.54 Å². The summed E-state index contributed by atoms with van der Waals surface area (Å²) >= 11 is 0. The maximum Gasteiger partial charge on any atom is 0.279 e. The zero-order chi connectivity index (χ0) is 13.1. The fourth-order valence-electron chi connectivity index (χ4n) is 1.11. The standard InChI is InChI=1S/C11H15NO4S/c1-11(2,17(14,15)16)10(13)12-8-9-6-4-3-5-7-9/h3-7H,8H2,1-2H3,(H,12,13)(H,14,15,16). The molecule has 0 heterocycles. The maximum atomic E-state index is 11.6. The van der Waals surface area contributed by atoms with Crippen LogP contribution in [0.5, 0.6) is 0 Å². The minimum Gasteiger partial charge on any atom is -0.351 e. The molecule has 0 unspecified atom stereocenters. The fraction of sp³-hybridized carbons (Fsp3) is 0.364. The van der Waals surface area contributed by atoms with Gasteiger partial charge < -0.3 is 5.32 Å². The van der Waals surface area contributed by atoms with E-state index in [9.17, 15) is 13.2 Å². The largest absolute Gasteiger partial charge is 0.351 e. The quantitative estimate of drug-likeness (QED) is 0.787. The van der Waals surface area contributed by atoms with E-state index >= 15 is 0 Å². The molecule has 2 N–H and O–H groups in total. The van der Waals surface area contributed by atoms with Crippen LogP contribution in [-0.4, -0.2) is 23.6 Å². The summed E-state index contributed by atoms with van der Waals surface area (Å²) in [6, 6.07) is 9.08. The maximum absolute atomic E-state index is 11.6. The third-order valence-corrected chi connectivity index (χ3v) is 3.96. The Hall–Kier alpha value is -1.40. The Morgan fingerprint density at radius 1 is 1.29 bits per heavy atom. The molecule has 6 heteroatoms.